The minimum absolute atomic E-state index is 0.107. The van der Waals surface area contributed by atoms with E-state index in [1.807, 2.05) is 30.6 Å². The van der Waals surface area contributed by atoms with Crippen LogP contribution in [-0.4, -0.2) is 50.7 Å². The second-order valence-corrected chi connectivity index (χ2v) is 9.10. The number of ether oxygens (including phenoxy) is 2. The van der Waals surface area contributed by atoms with Crippen molar-refractivity contribution < 1.29 is 19.7 Å². The number of amides is 1. The number of halogens is 1. The van der Waals surface area contributed by atoms with Crippen LogP contribution >= 0.6 is 11.6 Å². The molecule has 2 unspecified atom stereocenters. The molecule has 1 aromatic rings. The zero-order chi connectivity index (χ0) is 24.2. The smallest absolute Gasteiger partial charge is 0.251 e. The first kappa shape index (κ1) is 23.5. The highest BCUT2D eigenvalue weighted by Gasteiger charge is 2.27. The number of allylic oxidation sites excluding steroid dienone is 2. The molecular weight excluding hydrogens is 468 g/mol. The van der Waals surface area contributed by atoms with Crippen molar-refractivity contribution in [2.45, 2.75) is 31.3 Å². The third-order valence-corrected chi connectivity index (χ3v) is 6.68. The van der Waals surface area contributed by atoms with E-state index in [9.17, 15) is 4.79 Å². The van der Waals surface area contributed by atoms with Crippen molar-refractivity contribution in [2.75, 3.05) is 20.3 Å². The Labute approximate surface area is 208 Å². The monoisotopic (exact) mass is 495 g/mol. The van der Waals surface area contributed by atoms with Gasteiger partial charge in [0.2, 0.25) is 5.96 Å². The number of aliphatic imine (C=N–C) groups is 2. The number of carbonyl (C=O) groups excluding carboxylic acids is 1. The first-order chi connectivity index (χ1) is 17.1. The van der Waals surface area contributed by atoms with Crippen LogP contribution in [0.5, 0.6) is 5.75 Å². The molecule has 1 fully saturated rings. The number of nitrogens with two attached hydrogens (primary N) is 1. The third kappa shape index (κ3) is 5.37. The zero-order valence-electron chi connectivity index (χ0n) is 19.4. The summed E-state index contributed by atoms with van der Waals surface area (Å²) in [4.78, 5) is 22.6. The fourth-order valence-electron chi connectivity index (χ4n) is 4.43. The molecule has 3 aliphatic heterocycles. The molecule has 4 N–H and O–H groups in total. The summed E-state index contributed by atoms with van der Waals surface area (Å²) in [6.07, 6.45) is 11.8. The molecule has 9 nitrogen and oxygen atoms in total. The molecular formula is C25H28ClN6O3+. The van der Waals surface area contributed by atoms with Crippen LogP contribution in [0.25, 0.3) is 0 Å². The van der Waals surface area contributed by atoms with E-state index < -0.39 is 6.04 Å². The molecule has 1 saturated heterocycles. The van der Waals surface area contributed by atoms with E-state index in [4.69, 9.17) is 26.1 Å². The molecule has 0 aromatic heterocycles. The van der Waals surface area contributed by atoms with Crippen molar-refractivity contribution in [1.82, 2.24) is 10.6 Å². The molecule has 4 aliphatic rings. The Hall–Kier alpha value is -3.27. The van der Waals surface area contributed by atoms with E-state index in [1.54, 1.807) is 30.9 Å². The van der Waals surface area contributed by atoms with Crippen LogP contribution < -0.4 is 20.8 Å². The summed E-state index contributed by atoms with van der Waals surface area (Å²) in [6.45, 7) is 1.45. The van der Waals surface area contributed by atoms with E-state index in [0.29, 0.717) is 28.7 Å². The topological polar surface area (TPSA) is 113 Å². The van der Waals surface area contributed by atoms with Gasteiger partial charge < -0.3 is 20.1 Å². The van der Waals surface area contributed by atoms with Crippen LogP contribution in [0.1, 0.15) is 30.9 Å². The van der Waals surface area contributed by atoms with E-state index in [2.05, 4.69) is 20.7 Å². The van der Waals surface area contributed by atoms with Crippen molar-refractivity contribution >= 4 is 35.9 Å². The number of hydrogen-bond donors (Lipinski definition) is 3. The number of methoxy groups -OCH3 is 1. The Kier molecular flexibility index (Phi) is 7.08. The predicted molar refractivity (Wildman–Crippen MR) is 135 cm³/mol. The molecule has 2 atom stereocenters. The molecule has 1 aliphatic carbocycles. The van der Waals surface area contributed by atoms with Crippen LogP contribution in [-0.2, 0) is 9.53 Å². The minimum Gasteiger partial charge on any atom is -0.495 e. The van der Waals surface area contributed by atoms with Gasteiger partial charge >= 0.3 is 0 Å². The first-order valence-corrected chi connectivity index (χ1v) is 12.1. The number of quaternary nitrogens is 1. The largest absolute Gasteiger partial charge is 0.495 e. The Morgan fingerprint density at radius 2 is 2.23 bits per heavy atom. The average molecular weight is 496 g/mol. The van der Waals surface area contributed by atoms with Gasteiger partial charge in [0, 0.05) is 36.6 Å². The number of rotatable bonds is 6. The molecule has 3 heterocycles. The van der Waals surface area contributed by atoms with Gasteiger partial charge in [0.05, 0.1) is 36.0 Å². The highest BCUT2D eigenvalue weighted by Crippen LogP contribution is 2.31. The molecule has 1 amide bonds. The van der Waals surface area contributed by atoms with Crippen LogP contribution in [0.15, 0.2) is 68.5 Å². The molecule has 0 spiro atoms. The standard InChI is InChI=1S/C25H27ClN6O3/c1-34-22-5-4-15(10-20(22)26)23(18-13-28-29-14-18)32-24(33)16-2-3-17-12-27-25(31-21(17)11-16)30-19-6-8-35-9-7-19/h2,4-5,10-14,17,19,23H,3,6-9H2,1H3,(H,28,29)(H,30,31)(H,32,33)/p+1. The van der Waals surface area contributed by atoms with Gasteiger partial charge in [-0.2, -0.15) is 5.43 Å². The number of nitrogens with zero attached hydrogens (tertiary/aromatic N) is 3. The quantitative estimate of drug-likeness (QED) is 0.524. The lowest BCUT2D eigenvalue weighted by atomic mass is 9.92. The number of carbonyl (C=O) groups is 1. The minimum atomic E-state index is -0.406. The van der Waals surface area contributed by atoms with Gasteiger partial charge in [0.25, 0.3) is 5.91 Å². The van der Waals surface area contributed by atoms with E-state index in [-0.39, 0.29) is 17.9 Å². The molecule has 35 heavy (non-hydrogen) atoms. The van der Waals surface area contributed by atoms with Crippen molar-refractivity contribution in [3.05, 3.63) is 64.0 Å². The molecule has 5 rings (SSSR count). The van der Waals surface area contributed by atoms with Gasteiger partial charge in [-0.1, -0.05) is 28.8 Å². The lowest BCUT2D eigenvalue weighted by Crippen LogP contribution is -2.69. The van der Waals surface area contributed by atoms with Gasteiger partial charge in [-0.3, -0.25) is 4.79 Å². The molecule has 0 saturated carbocycles. The number of hydrogen-bond acceptors (Lipinski definition) is 5. The van der Waals surface area contributed by atoms with Crippen LogP contribution in [0, 0.1) is 5.92 Å². The van der Waals surface area contributed by atoms with E-state index >= 15 is 0 Å². The lowest BCUT2D eigenvalue weighted by Gasteiger charge is -2.27. The van der Waals surface area contributed by atoms with Crippen LogP contribution in [0.4, 0.5) is 0 Å². The average Bonchev–Trinajstić information content (AvgIpc) is 3.42. The van der Waals surface area contributed by atoms with E-state index in [1.165, 1.54) is 0 Å². The molecule has 0 bridgehead atoms. The normalized spacial score (nSPS) is 23.7. The Bertz CT molecular complexity index is 1180. The van der Waals surface area contributed by atoms with Crippen molar-refractivity contribution in [3.8, 4) is 5.75 Å². The Morgan fingerprint density at radius 3 is 2.97 bits per heavy atom. The fraction of sp³-hybridized carbons (Fsp3) is 0.360. The van der Waals surface area contributed by atoms with Gasteiger partial charge in [0.15, 0.2) is 0 Å². The van der Waals surface area contributed by atoms with Gasteiger partial charge in [-0.25, -0.2) is 9.98 Å². The maximum absolute atomic E-state index is 13.4. The molecule has 1 aromatic carbocycles. The summed E-state index contributed by atoms with van der Waals surface area (Å²) < 4.78 is 10.7. The lowest BCUT2D eigenvalue weighted by molar-refractivity contribution is -0.590. The Morgan fingerprint density at radius 1 is 1.37 bits per heavy atom. The second kappa shape index (κ2) is 10.6. The first-order valence-electron chi connectivity index (χ1n) is 11.7. The van der Waals surface area contributed by atoms with Gasteiger partial charge in [-0.15, -0.1) is 0 Å². The maximum atomic E-state index is 13.4. The third-order valence-electron chi connectivity index (χ3n) is 6.39. The number of nitrogens with one attached hydrogen (secondary N) is 2. The Balaban J connectivity index is 1.33. The molecule has 0 radical (unpaired) electrons. The van der Waals surface area contributed by atoms with Crippen LogP contribution in [0.3, 0.4) is 0 Å². The summed E-state index contributed by atoms with van der Waals surface area (Å²) in [6, 6.07) is 5.30. The van der Waals surface area contributed by atoms with Gasteiger partial charge in [0.1, 0.15) is 11.9 Å². The van der Waals surface area contributed by atoms with Crippen molar-refractivity contribution in [3.63, 3.8) is 0 Å². The fourth-order valence-corrected chi connectivity index (χ4v) is 4.69. The summed E-state index contributed by atoms with van der Waals surface area (Å²) >= 11 is 6.37. The maximum Gasteiger partial charge on any atom is 0.251 e. The number of guanidine groups is 1. The summed E-state index contributed by atoms with van der Waals surface area (Å²) in [7, 11) is 1.57. The summed E-state index contributed by atoms with van der Waals surface area (Å²) in [5.41, 5.74) is 4.94. The van der Waals surface area contributed by atoms with Crippen molar-refractivity contribution in [1.29, 1.82) is 0 Å². The zero-order valence-corrected chi connectivity index (χ0v) is 20.2. The molecule has 182 valence electrons. The second-order valence-electron chi connectivity index (χ2n) is 8.70. The van der Waals surface area contributed by atoms with Crippen LogP contribution in [0.2, 0.25) is 5.02 Å². The summed E-state index contributed by atoms with van der Waals surface area (Å²) in [5, 5.41) is 11.1. The highest BCUT2D eigenvalue weighted by molar-refractivity contribution is 6.32. The van der Waals surface area contributed by atoms with Crippen molar-refractivity contribution in [2.24, 2.45) is 21.0 Å². The SMILES string of the molecule is COc1ccc(C(NC(=O)C2=CCC3C=NC(=NC4CCOCC4)NC3=C2)C2=C[NH2+]N=C2)cc1Cl. The number of fused-ring (bicyclic) bond motifs is 1. The highest BCUT2D eigenvalue weighted by atomic mass is 35.5. The van der Waals surface area contributed by atoms with Gasteiger partial charge in [-0.05, 0) is 43.0 Å². The number of benzene rings is 1. The van der Waals surface area contributed by atoms with E-state index in [0.717, 1.165) is 42.9 Å². The molecule has 10 heteroatoms. The summed E-state index contributed by atoms with van der Waals surface area (Å²) in [5.74, 6) is 1.10. The predicted octanol–water partition coefficient (Wildman–Crippen LogP) is 1.99.